The first kappa shape index (κ1) is 17.1. The highest BCUT2D eigenvalue weighted by Crippen LogP contribution is 2.29. The monoisotopic (exact) mass is 321 g/mol. The number of rotatable bonds is 4. The molecule has 0 unspecified atom stereocenters. The molecule has 0 saturated heterocycles. The van der Waals surface area contributed by atoms with Crippen LogP contribution in [0, 0.1) is 11.8 Å². The van der Waals surface area contributed by atoms with E-state index in [0.29, 0.717) is 11.8 Å². The van der Waals surface area contributed by atoms with Crippen molar-refractivity contribution in [2.75, 3.05) is 6.61 Å². The summed E-state index contributed by atoms with van der Waals surface area (Å²) in [7, 11) is 0. The molecule has 1 aliphatic rings. The Kier molecular flexibility index (Phi) is 5.47. The number of ether oxygens (including phenoxy) is 1. The standard InChI is InChI=1S/C17H23NO5/c1-10-4-3-5-14(11(10)2)18-16(21)9-23-17(22)13-7-6-12(19)8-15(13)20/h6-8,10-11,14,19-20H,3-5,9H2,1-2H3,(H,18,21)/t10-,11+,14-/m1/s1. The molecule has 6 nitrogen and oxygen atoms in total. The van der Waals surface area contributed by atoms with Gasteiger partial charge in [0.15, 0.2) is 6.61 Å². The van der Waals surface area contributed by atoms with Gasteiger partial charge in [-0.05, 0) is 30.4 Å². The van der Waals surface area contributed by atoms with E-state index < -0.39 is 12.6 Å². The van der Waals surface area contributed by atoms with Crippen LogP contribution in [0.25, 0.3) is 0 Å². The molecule has 0 heterocycles. The number of amides is 1. The molecule has 2 rings (SSSR count). The van der Waals surface area contributed by atoms with Crippen LogP contribution in [-0.4, -0.2) is 34.7 Å². The van der Waals surface area contributed by atoms with E-state index in [2.05, 4.69) is 19.2 Å². The van der Waals surface area contributed by atoms with Crippen LogP contribution in [0.15, 0.2) is 18.2 Å². The molecule has 0 aliphatic heterocycles. The molecule has 1 aromatic carbocycles. The van der Waals surface area contributed by atoms with Gasteiger partial charge in [0.25, 0.3) is 5.91 Å². The highest BCUT2D eigenvalue weighted by Gasteiger charge is 2.28. The van der Waals surface area contributed by atoms with Gasteiger partial charge in [0.1, 0.15) is 17.1 Å². The summed E-state index contributed by atoms with van der Waals surface area (Å²) in [4.78, 5) is 23.8. The van der Waals surface area contributed by atoms with Crippen LogP contribution in [-0.2, 0) is 9.53 Å². The number of phenolic OH excluding ortho intramolecular Hbond substituents is 2. The second-order valence-corrected chi connectivity index (χ2v) is 6.22. The predicted molar refractivity (Wildman–Crippen MR) is 84.2 cm³/mol. The lowest BCUT2D eigenvalue weighted by Gasteiger charge is -2.34. The van der Waals surface area contributed by atoms with Crippen LogP contribution in [0.3, 0.4) is 0 Å². The van der Waals surface area contributed by atoms with Crippen molar-refractivity contribution in [2.45, 2.75) is 39.2 Å². The largest absolute Gasteiger partial charge is 0.508 e. The van der Waals surface area contributed by atoms with Crippen molar-refractivity contribution in [3.63, 3.8) is 0 Å². The van der Waals surface area contributed by atoms with Crippen molar-refractivity contribution in [2.24, 2.45) is 11.8 Å². The zero-order valence-electron chi connectivity index (χ0n) is 13.4. The molecule has 0 bridgehead atoms. The molecule has 1 amide bonds. The maximum absolute atomic E-state index is 11.9. The summed E-state index contributed by atoms with van der Waals surface area (Å²) in [6.07, 6.45) is 3.18. The molecule has 0 spiro atoms. The first-order valence-electron chi connectivity index (χ1n) is 7.87. The van der Waals surface area contributed by atoms with Crippen molar-refractivity contribution in [1.82, 2.24) is 5.32 Å². The molecule has 3 N–H and O–H groups in total. The topological polar surface area (TPSA) is 95.9 Å². The van der Waals surface area contributed by atoms with Gasteiger partial charge in [-0.3, -0.25) is 4.79 Å². The highest BCUT2D eigenvalue weighted by molar-refractivity contribution is 5.94. The number of carbonyl (C=O) groups is 2. The molecule has 126 valence electrons. The maximum Gasteiger partial charge on any atom is 0.342 e. The first-order chi connectivity index (χ1) is 10.9. The fraction of sp³-hybridized carbons (Fsp3) is 0.529. The van der Waals surface area contributed by atoms with Gasteiger partial charge in [-0.1, -0.05) is 26.7 Å². The normalized spacial score (nSPS) is 24.0. The number of nitrogens with one attached hydrogen (secondary N) is 1. The molecular formula is C17H23NO5. The van der Waals surface area contributed by atoms with E-state index in [1.807, 2.05) is 0 Å². The number of carbonyl (C=O) groups excluding carboxylic acids is 2. The third kappa shape index (κ3) is 4.37. The zero-order chi connectivity index (χ0) is 17.0. The van der Waals surface area contributed by atoms with Crippen molar-refractivity contribution in [1.29, 1.82) is 0 Å². The molecule has 3 atom stereocenters. The quantitative estimate of drug-likeness (QED) is 0.739. The van der Waals surface area contributed by atoms with E-state index >= 15 is 0 Å². The Morgan fingerprint density at radius 2 is 2.00 bits per heavy atom. The molecule has 0 radical (unpaired) electrons. The Hall–Kier alpha value is -2.24. The van der Waals surface area contributed by atoms with Gasteiger partial charge in [-0.15, -0.1) is 0 Å². The van der Waals surface area contributed by atoms with Gasteiger partial charge in [0.05, 0.1) is 0 Å². The molecule has 6 heteroatoms. The molecule has 1 fully saturated rings. The Morgan fingerprint density at radius 1 is 1.26 bits per heavy atom. The Balaban J connectivity index is 1.85. The zero-order valence-corrected chi connectivity index (χ0v) is 13.4. The Labute approximate surface area is 135 Å². The van der Waals surface area contributed by atoms with Crippen molar-refractivity contribution in [3.05, 3.63) is 23.8 Å². The smallest absolute Gasteiger partial charge is 0.342 e. The van der Waals surface area contributed by atoms with Gasteiger partial charge < -0.3 is 20.3 Å². The second-order valence-electron chi connectivity index (χ2n) is 6.22. The van der Waals surface area contributed by atoms with Gasteiger partial charge >= 0.3 is 5.97 Å². The minimum absolute atomic E-state index is 0.0877. The van der Waals surface area contributed by atoms with Crippen molar-refractivity contribution < 1.29 is 24.5 Å². The maximum atomic E-state index is 11.9. The summed E-state index contributed by atoms with van der Waals surface area (Å²) < 4.78 is 4.92. The van der Waals surface area contributed by atoms with Crippen LogP contribution in [0.4, 0.5) is 0 Å². The number of benzene rings is 1. The lowest BCUT2D eigenvalue weighted by molar-refractivity contribution is -0.125. The van der Waals surface area contributed by atoms with Crippen LogP contribution in [0.2, 0.25) is 0 Å². The van der Waals surface area contributed by atoms with E-state index in [0.717, 1.165) is 18.9 Å². The predicted octanol–water partition coefficient (Wildman–Crippen LogP) is 2.20. The highest BCUT2D eigenvalue weighted by atomic mass is 16.5. The molecule has 23 heavy (non-hydrogen) atoms. The van der Waals surface area contributed by atoms with E-state index in [4.69, 9.17) is 4.74 Å². The van der Waals surface area contributed by atoms with E-state index in [9.17, 15) is 19.8 Å². The van der Waals surface area contributed by atoms with Crippen LogP contribution < -0.4 is 5.32 Å². The molecule has 1 aliphatic carbocycles. The first-order valence-corrected chi connectivity index (χ1v) is 7.87. The van der Waals surface area contributed by atoms with E-state index in [1.54, 1.807) is 0 Å². The molecule has 1 aromatic rings. The fourth-order valence-corrected chi connectivity index (χ4v) is 2.94. The Morgan fingerprint density at radius 3 is 2.70 bits per heavy atom. The van der Waals surface area contributed by atoms with E-state index in [1.165, 1.54) is 18.6 Å². The average Bonchev–Trinajstić information content (AvgIpc) is 2.49. The average molecular weight is 321 g/mol. The van der Waals surface area contributed by atoms with Crippen molar-refractivity contribution in [3.8, 4) is 11.5 Å². The summed E-state index contributed by atoms with van der Waals surface area (Å²) in [6, 6.07) is 3.66. The minimum Gasteiger partial charge on any atom is -0.508 e. The summed E-state index contributed by atoms with van der Waals surface area (Å²) in [5, 5.41) is 21.7. The number of aromatic hydroxyl groups is 2. The van der Waals surface area contributed by atoms with Crippen LogP contribution in [0.5, 0.6) is 11.5 Å². The second kappa shape index (κ2) is 7.35. The van der Waals surface area contributed by atoms with Crippen molar-refractivity contribution >= 4 is 11.9 Å². The molecular weight excluding hydrogens is 298 g/mol. The van der Waals surface area contributed by atoms with E-state index in [-0.39, 0.29) is 29.0 Å². The van der Waals surface area contributed by atoms with Gasteiger partial charge in [0.2, 0.25) is 0 Å². The lowest BCUT2D eigenvalue weighted by atomic mass is 9.78. The summed E-state index contributed by atoms with van der Waals surface area (Å²) in [6.45, 7) is 3.91. The third-order valence-corrected chi connectivity index (χ3v) is 4.59. The number of esters is 1. The van der Waals surface area contributed by atoms with Crippen LogP contribution >= 0.6 is 0 Å². The Bertz CT molecular complexity index is 586. The SMILES string of the molecule is C[C@H]1[C@H](C)CCC[C@H]1NC(=O)COC(=O)c1ccc(O)cc1O. The number of phenols is 2. The molecule has 1 saturated carbocycles. The lowest BCUT2D eigenvalue weighted by Crippen LogP contribution is -2.45. The van der Waals surface area contributed by atoms with Gasteiger partial charge in [0, 0.05) is 12.1 Å². The molecule has 0 aromatic heterocycles. The number of hydrogen-bond donors (Lipinski definition) is 3. The minimum atomic E-state index is -0.803. The van der Waals surface area contributed by atoms with Gasteiger partial charge in [-0.25, -0.2) is 4.79 Å². The fourth-order valence-electron chi connectivity index (χ4n) is 2.94. The number of hydrogen-bond acceptors (Lipinski definition) is 5. The summed E-state index contributed by atoms with van der Waals surface area (Å²) in [5.41, 5.74) is -0.0877. The van der Waals surface area contributed by atoms with Crippen LogP contribution in [0.1, 0.15) is 43.5 Å². The third-order valence-electron chi connectivity index (χ3n) is 4.59. The summed E-state index contributed by atoms with van der Waals surface area (Å²) in [5.74, 6) is -0.734. The van der Waals surface area contributed by atoms with Gasteiger partial charge in [-0.2, -0.15) is 0 Å². The summed E-state index contributed by atoms with van der Waals surface area (Å²) >= 11 is 0.